The number of nitrogens with one attached hydrogen (secondary N) is 1. The minimum Gasteiger partial charge on any atom is -0.317 e. The van der Waals surface area contributed by atoms with Crippen molar-refractivity contribution < 1.29 is 0 Å². The third kappa shape index (κ3) is 3.10. The molecule has 0 aliphatic rings. The fraction of sp³-hybridized carbons (Fsp3) is 0.875. The molecular formula is C8H17N5. The van der Waals surface area contributed by atoms with Gasteiger partial charge in [0.2, 0.25) is 0 Å². The van der Waals surface area contributed by atoms with Gasteiger partial charge in [-0.2, -0.15) is 4.80 Å². The van der Waals surface area contributed by atoms with Crippen LogP contribution >= 0.6 is 0 Å². The molecule has 1 aromatic heterocycles. The molecule has 5 heteroatoms. The van der Waals surface area contributed by atoms with Crippen LogP contribution in [-0.2, 0) is 13.5 Å². The van der Waals surface area contributed by atoms with Gasteiger partial charge in [0.15, 0.2) is 5.82 Å². The first-order valence-electron chi connectivity index (χ1n) is 4.66. The van der Waals surface area contributed by atoms with Gasteiger partial charge in [-0.3, -0.25) is 0 Å². The highest BCUT2D eigenvalue weighted by atomic mass is 15.6. The van der Waals surface area contributed by atoms with E-state index in [0.717, 1.165) is 25.1 Å². The zero-order valence-corrected chi connectivity index (χ0v) is 8.49. The van der Waals surface area contributed by atoms with Gasteiger partial charge in [-0.25, -0.2) is 0 Å². The molecule has 0 aliphatic carbocycles. The summed E-state index contributed by atoms with van der Waals surface area (Å²) in [6.07, 6.45) is 3.10. The Morgan fingerprint density at radius 1 is 1.54 bits per heavy atom. The average Bonchev–Trinajstić information content (AvgIpc) is 2.53. The molecule has 0 spiro atoms. The Morgan fingerprint density at radius 3 is 2.77 bits per heavy atom. The average molecular weight is 183 g/mol. The van der Waals surface area contributed by atoms with Gasteiger partial charge < -0.3 is 5.32 Å². The molecule has 0 aromatic carbocycles. The van der Waals surface area contributed by atoms with Crippen molar-refractivity contribution in [1.82, 2.24) is 25.5 Å². The van der Waals surface area contributed by atoms with Crippen molar-refractivity contribution in [3.8, 4) is 0 Å². The predicted octanol–water partition coefficient (Wildman–Crippen LogP) is 0.141. The van der Waals surface area contributed by atoms with Crippen LogP contribution in [0, 0.1) is 0 Å². The van der Waals surface area contributed by atoms with Crippen molar-refractivity contribution in [1.29, 1.82) is 0 Å². The Morgan fingerprint density at radius 2 is 2.31 bits per heavy atom. The summed E-state index contributed by atoms with van der Waals surface area (Å²) in [7, 11) is 3.77. The summed E-state index contributed by atoms with van der Waals surface area (Å²) in [4.78, 5) is 1.50. The van der Waals surface area contributed by atoms with Crippen molar-refractivity contribution in [2.75, 3.05) is 7.05 Å². The second-order valence-corrected chi connectivity index (χ2v) is 3.13. The summed E-state index contributed by atoms with van der Waals surface area (Å²) in [5, 5.41) is 15.1. The topological polar surface area (TPSA) is 55.6 Å². The highest BCUT2D eigenvalue weighted by Crippen LogP contribution is 2.01. The molecule has 0 fully saturated rings. The minimum absolute atomic E-state index is 0.559. The number of aryl methyl sites for hydroxylation is 2. The standard InChI is InChI=1S/C8H17N5/c1-4-7(9-2)5-6-8-10-12-13(3)11-8/h7,9H,4-6H2,1-3H3. The first-order valence-corrected chi connectivity index (χ1v) is 4.66. The summed E-state index contributed by atoms with van der Waals surface area (Å²) in [6, 6.07) is 0.559. The maximum absolute atomic E-state index is 4.12. The van der Waals surface area contributed by atoms with E-state index in [0.29, 0.717) is 6.04 Å². The van der Waals surface area contributed by atoms with Gasteiger partial charge in [0.05, 0.1) is 7.05 Å². The van der Waals surface area contributed by atoms with E-state index in [1.54, 1.807) is 7.05 Å². The number of hydrogen-bond acceptors (Lipinski definition) is 4. The molecular weight excluding hydrogens is 166 g/mol. The summed E-state index contributed by atoms with van der Waals surface area (Å²) in [6.45, 7) is 2.17. The Kier molecular flexibility index (Phi) is 3.82. The largest absolute Gasteiger partial charge is 0.317 e. The second-order valence-electron chi connectivity index (χ2n) is 3.13. The molecule has 1 N–H and O–H groups in total. The van der Waals surface area contributed by atoms with E-state index >= 15 is 0 Å². The van der Waals surface area contributed by atoms with Crippen molar-refractivity contribution in [3.63, 3.8) is 0 Å². The van der Waals surface area contributed by atoms with Crippen LogP contribution in [0.2, 0.25) is 0 Å². The highest BCUT2D eigenvalue weighted by molar-refractivity contribution is 4.79. The van der Waals surface area contributed by atoms with Crippen molar-refractivity contribution in [2.24, 2.45) is 7.05 Å². The lowest BCUT2D eigenvalue weighted by Gasteiger charge is -2.11. The lowest BCUT2D eigenvalue weighted by molar-refractivity contribution is 0.502. The van der Waals surface area contributed by atoms with Gasteiger partial charge >= 0.3 is 0 Å². The Bertz CT molecular complexity index is 240. The van der Waals surface area contributed by atoms with E-state index in [9.17, 15) is 0 Å². The molecule has 74 valence electrons. The molecule has 5 nitrogen and oxygen atoms in total. The first kappa shape index (κ1) is 10.1. The Balaban J connectivity index is 2.33. The number of rotatable bonds is 5. The fourth-order valence-corrected chi connectivity index (χ4v) is 1.28. The van der Waals surface area contributed by atoms with Crippen molar-refractivity contribution in [3.05, 3.63) is 5.82 Å². The molecule has 0 aliphatic heterocycles. The molecule has 1 atom stereocenters. The van der Waals surface area contributed by atoms with Gasteiger partial charge in [0.25, 0.3) is 0 Å². The smallest absolute Gasteiger partial charge is 0.174 e. The number of hydrogen-bond donors (Lipinski definition) is 1. The van der Waals surface area contributed by atoms with Crippen LogP contribution in [0.15, 0.2) is 0 Å². The van der Waals surface area contributed by atoms with Crippen molar-refractivity contribution >= 4 is 0 Å². The van der Waals surface area contributed by atoms with Crippen molar-refractivity contribution in [2.45, 2.75) is 32.2 Å². The summed E-state index contributed by atoms with van der Waals surface area (Å²) in [5.41, 5.74) is 0. The predicted molar refractivity (Wildman–Crippen MR) is 50.3 cm³/mol. The zero-order valence-electron chi connectivity index (χ0n) is 8.49. The van der Waals surface area contributed by atoms with E-state index in [1.807, 2.05) is 7.05 Å². The fourth-order valence-electron chi connectivity index (χ4n) is 1.28. The van der Waals surface area contributed by atoms with Crippen LogP contribution in [0.1, 0.15) is 25.6 Å². The third-order valence-electron chi connectivity index (χ3n) is 2.17. The van der Waals surface area contributed by atoms with E-state index < -0.39 is 0 Å². The van der Waals surface area contributed by atoms with E-state index in [1.165, 1.54) is 4.80 Å². The molecule has 1 aromatic rings. The lowest BCUT2D eigenvalue weighted by Crippen LogP contribution is -2.24. The molecule has 0 bridgehead atoms. The summed E-state index contributed by atoms with van der Waals surface area (Å²) in [5.74, 6) is 0.830. The molecule has 13 heavy (non-hydrogen) atoms. The molecule has 1 rings (SSSR count). The molecule has 0 amide bonds. The number of tetrazole rings is 1. The Labute approximate surface area is 78.5 Å². The van der Waals surface area contributed by atoms with Gasteiger partial charge in [-0.15, -0.1) is 10.2 Å². The number of aromatic nitrogens is 4. The number of nitrogens with zero attached hydrogens (tertiary/aromatic N) is 4. The van der Waals surface area contributed by atoms with Crippen LogP contribution < -0.4 is 5.32 Å². The molecule has 0 radical (unpaired) electrons. The first-order chi connectivity index (χ1) is 6.26. The molecule has 1 unspecified atom stereocenters. The summed E-state index contributed by atoms with van der Waals surface area (Å²) < 4.78 is 0. The summed E-state index contributed by atoms with van der Waals surface area (Å²) >= 11 is 0. The van der Waals surface area contributed by atoms with Crippen LogP contribution in [-0.4, -0.2) is 33.3 Å². The Hall–Kier alpha value is -0.970. The monoisotopic (exact) mass is 183 g/mol. The second kappa shape index (κ2) is 4.91. The normalized spacial score (nSPS) is 13.2. The van der Waals surface area contributed by atoms with Crippen LogP contribution in [0.3, 0.4) is 0 Å². The third-order valence-corrected chi connectivity index (χ3v) is 2.17. The lowest BCUT2D eigenvalue weighted by atomic mass is 10.1. The van der Waals surface area contributed by atoms with Gasteiger partial charge in [-0.1, -0.05) is 6.92 Å². The van der Waals surface area contributed by atoms with Gasteiger partial charge in [0.1, 0.15) is 0 Å². The van der Waals surface area contributed by atoms with E-state index in [4.69, 9.17) is 0 Å². The maximum atomic E-state index is 4.12. The van der Waals surface area contributed by atoms with E-state index in [-0.39, 0.29) is 0 Å². The van der Waals surface area contributed by atoms with Crippen LogP contribution in [0.4, 0.5) is 0 Å². The molecule has 1 heterocycles. The highest BCUT2D eigenvalue weighted by Gasteiger charge is 2.05. The van der Waals surface area contributed by atoms with Crippen LogP contribution in [0.5, 0.6) is 0 Å². The van der Waals surface area contributed by atoms with Gasteiger partial charge in [-0.05, 0) is 25.1 Å². The van der Waals surface area contributed by atoms with E-state index in [2.05, 4.69) is 27.7 Å². The SMILES string of the molecule is CCC(CCc1nnn(C)n1)NC. The molecule has 0 saturated carbocycles. The maximum Gasteiger partial charge on any atom is 0.174 e. The zero-order chi connectivity index (χ0) is 9.68. The minimum atomic E-state index is 0.559. The van der Waals surface area contributed by atoms with Crippen LogP contribution in [0.25, 0.3) is 0 Å². The quantitative estimate of drug-likeness (QED) is 0.705. The molecule has 0 saturated heterocycles. The van der Waals surface area contributed by atoms with Gasteiger partial charge in [0, 0.05) is 12.5 Å².